The van der Waals surface area contributed by atoms with E-state index in [9.17, 15) is 0 Å². The van der Waals surface area contributed by atoms with Crippen molar-refractivity contribution in [2.24, 2.45) is 0 Å². The molecule has 0 radical (unpaired) electrons. The molecule has 20 heavy (non-hydrogen) atoms. The molecule has 4 nitrogen and oxygen atoms in total. The van der Waals surface area contributed by atoms with Gasteiger partial charge in [0.05, 0.1) is 0 Å². The van der Waals surface area contributed by atoms with Crippen molar-refractivity contribution in [2.45, 2.75) is 52.4 Å². The number of benzene rings is 1. The van der Waals surface area contributed by atoms with Gasteiger partial charge in [-0.05, 0) is 6.07 Å². The lowest BCUT2D eigenvalue weighted by Gasteiger charge is -2.11. The molecule has 0 saturated heterocycles. The van der Waals surface area contributed by atoms with E-state index in [-0.39, 0.29) is 10.8 Å². The summed E-state index contributed by atoms with van der Waals surface area (Å²) in [5.41, 5.74) is 2.94. The van der Waals surface area contributed by atoms with Crippen molar-refractivity contribution >= 4 is 22.2 Å². The van der Waals surface area contributed by atoms with E-state index in [0.717, 1.165) is 34.0 Å². The van der Waals surface area contributed by atoms with E-state index in [2.05, 4.69) is 51.5 Å². The van der Waals surface area contributed by atoms with Gasteiger partial charge in [-0.15, -0.1) is 0 Å². The van der Waals surface area contributed by atoms with Gasteiger partial charge in [0.25, 0.3) is 0 Å². The van der Waals surface area contributed by atoms with Crippen molar-refractivity contribution in [3.05, 3.63) is 23.9 Å². The molecule has 0 bridgehead atoms. The maximum absolute atomic E-state index is 5.84. The Balaban J connectivity index is 2.20. The summed E-state index contributed by atoms with van der Waals surface area (Å²) >= 11 is 0. The fourth-order valence-electron chi connectivity index (χ4n) is 1.99. The molecular formula is C16H20N2O2. The van der Waals surface area contributed by atoms with Crippen molar-refractivity contribution in [3.63, 3.8) is 0 Å². The summed E-state index contributed by atoms with van der Waals surface area (Å²) in [5.74, 6) is 1.47. The van der Waals surface area contributed by atoms with E-state index in [4.69, 9.17) is 8.83 Å². The smallest absolute Gasteiger partial charge is 0.200 e. The molecule has 106 valence electrons. The van der Waals surface area contributed by atoms with Crippen LogP contribution in [-0.4, -0.2) is 9.97 Å². The minimum absolute atomic E-state index is 0.107. The lowest BCUT2D eigenvalue weighted by molar-refractivity contribution is 0.407. The molecule has 1 aromatic carbocycles. The predicted molar refractivity (Wildman–Crippen MR) is 79.0 cm³/mol. The zero-order valence-corrected chi connectivity index (χ0v) is 12.9. The van der Waals surface area contributed by atoms with Crippen LogP contribution in [0.3, 0.4) is 0 Å². The molecule has 2 heterocycles. The Kier molecular flexibility index (Phi) is 2.53. The highest BCUT2D eigenvalue weighted by molar-refractivity contribution is 5.89. The molecule has 0 aliphatic heterocycles. The van der Waals surface area contributed by atoms with E-state index in [0.29, 0.717) is 0 Å². The van der Waals surface area contributed by atoms with Gasteiger partial charge >= 0.3 is 0 Å². The summed E-state index contributed by atoms with van der Waals surface area (Å²) < 4.78 is 11.7. The summed E-state index contributed by atoms with van der Waals surface area (Å²) in [6.45, 7) is 12.5. The average molecular weight is 272 g/mol. The second kappa shape index (κ2) is 3.84. The van der Waals surface area contributed by atoms with E-state index in [1.54, 1.807) is 0 Å². The van der Waals surface area contributed by atoms with Crippen LogP contribution in [0.25, 0.3) is 22.2 Å². The Bertz CT molecular complexity index is 668. The second-order valence-electron chi connectivity index (χ2n) is 7.33. The van der Waals surface area contributed by atoms with Crippen LogP contribution in [0.15, 0.2) is 21.0 Å². The van der Waals surface area contributed by atoms with E-state index < -0.39 is 0 Å². The Morgan fingerprint density at radius 3 is 1.45 bits per heavy atom. The van der Waals surface area contributed by atoms with Crippen LogP contribution in [0.2, 0.25) is 0 Å². The first-order valence-corrected chi connectivity index (χ1v) is 6.87. The van der Waals surface area contributed by atoms with Crippen molar-refractivity contribution < 1.29 is 8.83 Å². The lowest BCUT2D eigenvalue weighted by Crippen LogP contribution is -2.11. The summed E-state index contributed by atoms with van der Waals surface area (Å²) in [6.07, 6.45) is 0. The number of hydrogen-bond donors (Lipinski definition) is 0. The summed E-state index contributed by atoms with van der Waals surface area (Å²) in [6, 6.07) is 3.82. The molecule has 0 amide bonds. The largest absolute Gasteiger partial charge is 0.440 e. The standard InChI is InChI=1S/C16H20N2O2/c1-15(2,3)13-17-9-7-10-12(8-11(9)19-13)20-14(18-10)16(4,5)6/h7-8H,1-6H3. The highest BCUT2D eigenvalue weighted by Gasteiger charge is 2.24. The van der Waals surface area contributed by atoms with Gasteiger partial charge in [0, 0.05) is 16.9 Å². The van der Waals surface area contributed by atoms with Gasteiger partial charge in [-0.3, -0.25) is 0 Å². The molecule has 0 spiro atoms. The molecule has 0 unspecified atom stereocenters. The molecule has 3 aromatic rings. The molecule has 0 fully saturated rings. The minimum Gasteiger partial charge on any atom is -0.440 e. The van der Waals surface area contributed by atoms with Crippen molar-refractivity contribution in [1.29, 1.82) is 0 Å². The van der Waals surface area contributed by atoms with Crippen molar-refractivity contribution in [3.8, 4) is 0 Å². The van der Waals surface area contributed by atoms with Gasteiger partial charge in [-0.25, -0.2) is 9.97 Å². The average Bonchev–Trinajstić information content (AvgIpc) is 2.85. The van der Waals surface area contributed by atoms with Crippen molar-refractivity contribution in [1.82, 2.24) is 9.97 Å². The fraction of sp³-hybridized carbons (Fsp3) is 0.500. The molecule has 0 atom stereocenters. The lowest BCUT2D eigenvalue weighted by atomic mass is 9.97. The Labute approximate surface area is 118 Å². The van der Waals surface area contributed by atoms with Crippen LogP contribution < -0.4 is 0 Å². The molecular weight excluding hydrogens is 252 g/mol. The predicted octanol–water partition coefficient (Wildman–Crippen LogP) is 4.56. The topological polar surface area (TPSA) is 52.1 Å². The van der Waals surface area contributed by atoms with Crippen LogP contribution in [0, 0.1) is 0 Å². The third kappa shape index (κ3) is 2.09. The number of rotatable bonds is 0. The first kappa shape index (κ1) is 13.2. The molecule has 0 aliphatic carbocycles. The second-order valence-corrected chi connectivity index (χ2v) is 7.33. The maximum Gasteiger partial charge on any atom is 0.200 e. The highest BCUT2D eigenvalue weighted by atomic mass is 16.4. The van der Waals surface area contributed by atoms with E-state index >= 15 is 0 Å². The zero-order chi connectivity index (χ0) is 14.7. The third-order valence-electron chi connectivity index (χ3n) is 3.18. The minimum atomic E-state index is -0.107. The summed E-state index contributed by atoms with van der Waals surface area (Å²) in [4.78, 5) is 9.11. The Morgan fingerprint density at radius 2 is 1.10 bits per heavy atom. The molecule has 0 aliphatic rings. The van der Waals surface area contributed by atoms with Gasteiger partial charge in [0.15, 0.2) is 11.2 Å². The maximum atomic E-state index is 5.84. The van der Waals surface area contributed by atoms with Crippen LogP contribution in [0.4, 0.5) is 0 Å². The molecule has 0 saturated carbocycles. The van der Waals surface area contributed by atoms with E-state index in [1.165, 1.54) is 0 Å². The van der Waals surface area contributed by atoms with Crippen LogP contribution >= 0.6 is 0 Å². The van der Waals surface area contributed by atoms with Crippen LogP contribution in [-0.2, 0) is 10.8 Å². The van der Waals surface area contributed by atoms with Crippen molar-refractivity contribution in [2.75, 3.05) is 0 Å². The number of hydrogen-bond acceptors (Lipinski definition) is 4. The van der Waals surface area contributed by atoms with E-state index in [1.807, 2.05) is 12.1 Å². The van der Waals surface area contributed by atoms with Gasteiger partial charge in [-0.1, -0.05) is 41.5 Å². The number of nitrogens with zero attached hydrogens (tertiary/aromatic N) is 2. The SMILES string of the molecule is CC(C)(C)c1nc2cc3nc(C(C)(C)C)oc3cc2o1. The number of oxazole rings is 2. The van der Waals surface area contributed by atoms with Gasteiger partial charge in [0.2, 0.25) is 11.8 Å². The Hall–Kier alpha value is -1.84. The third-order valence-corrected chi connectivity index (χ3v) is 3.18. The number of aromatic nitrogens is 2. The molecule has 2 aromatic heterocycles. The highest BCUT2D eigenvalue weighted by Crippen LogP contribution is 2.31. The first-order chi connectivity index (χ1) is 9.14. The first-order valence-electron chi connectivity index (χ1n) is 6.87. The van der Waals surface area contributed by atoms with Gasteiger partial charge in [-0.2, -0.15) is 0 Å². The van der Waals surface area contributed by atoms with Crippen LogP contribution in [0.5, 0.6) is 0 Å². The molecule has 3 rings (SSSR count). The number of fused-ring (bicyclic) bond motifs is 2. The Morgan fingerprint density at radius 1 is 0.700 bits per heavy atom. The molecule has 0 N–H and O–H groups in total. The normalized spacial score (nSPS) is 13.5. The van der Waals surface area contributed by atoms with Crippen LogP contribution in [0.1, 0.15) is 53.3 Å². The zero-order valence-electron chi connectivity index (χ0n) is 12.9. The van der Waals surface area contributed by atoms with Gasteiger partial charge in [0.1, 0.15) is 11.0 Å². The quantitative estimate of drug-likeness (QED) is 0.601. The summed E-state index contributed by atoms with van der Waals surface area (Å²) in [7, 11) is 0. The molecule has 4 heteroatoms. The van der Waals surface area contributed by atoms with Gasteiger partial charge < -0.3 is 8.83 Å². The summed E-state index contributed by atoms with van der Waals surface area (Å²) in [5, 5.41) is 0. The fourth-order valence-corrected chi connectivity index (χ4v) is 1.99. The monoisotopic (exact) mass is 272 g/mol.